The van der Waals surface area contributed by atoms with E-state index < -0.39 is 17.9 Å². The van der Waals surface area contributed by atoms with Crippen LogP contribution in [0.4, 0.5) is 0 Å². The minimum atomic E-state index is -0.778. The summed E-state index contributed by atoms with van der Waals surface area (Å²) in [7, 11) is 0. The zero-order valence-electron chi connectivity index (χ0n) is 17.1. The van der Waals surface area contributed by atoms with Gasteiger partial charge in [0.15, 0.2) is 6.61 Å². The van der Waals surface area contributed by atoms with Gasteiger partial charge in [-0.2, -0.15) is 5.10 Å². The highest BCUT2D eigenvalue weighted by Crippen LogP contribution is 2.23. The maximum atomic E-state index is 12.1. The molecule has 0 aliphatic rings. The molecule has 0 saturated heterocycles. The summed E-state index contributed by atoms with van der Waals surface area (Å²) in [5, 5.41) is 6.46. The number of carbonyl (C=O) groups excluding carboxylic acids is 2. The summed E-state index contributed by atoms with van der Waals surface area (Å²) >= 11 is 3.39. The van der Waals surface area contributed by atoms with Crippen molar-refractivity contribution in [3.8, 4) is 17.1 Å². The fraction of sp³-hybridized carbons (Fsp3) is 0.174. The number of hydrazone groups is 1. The molecule has 1 atom stereocenters. The van der Waals surface area contributed by atoms with Crippen molar-refractivity contribution in [2.45, 2.75) is 19.9 Å². The summed E-state index contributed by atoms with van der Waals surface area (Å²) in [6.07, 6.45) is 1.40. The van der Waals surface area contributed by atoms with Gasteiger partial charge in [-0.05, 0) is 49.7 Å². The topological polar surface area (TPSA) is 92.9 Å². The Morgan fingerprint density at radius 3 is 2.61 bits per heavy atom. The zero-order chi connectivity index (χ0) is 22.2. The van der Waals surface area contributed by atoms with Crippen LogP contribution in [0.1, 0.15) is 18.2 Å². The first-order valence-electron chi connectivity index (χ1n) is 9.59. The van der Waals surface area contributed by atoms with Crippen molar-refractivity contribution in [2.75, 3.05) is 6.61 Å². The molecule has 0 bridgehead atoms. The second-order valence-electron chi connectivity index (χ2n) is 6.79. The van der Waals surface area contributed by atoms with Gasteiger partial charge in [0, 0.05) is 10.0 Å². The van der Waals surface area contributed by atoms with Gasteiger partial charge >= 0.3 is 0 Å². The van der Waals surface area contributed by atoms with Crippen LogP contribution in [-0.2, 0) is 9.59 Å². The molecule has 1 heterocycles. The summed E-state index contributed by atoms with van der Waals surface area (Å²) in [6.45, 7) is 3.27. The molecule has 1 aromatic heterocycles. The predicted molar refractivity (Wildman–Crippen MR) is 122 cm³/mol. The second-order valence-corrected chi connectivity index (χ2v) is 7.70. The van der Waals surface area contributed by atoms with Crippen LogP contribution in [0.3, 0.4) is 0 Å². The molecule has 7 nitrogen and oxygen atoms in total. The third kappa shape index (κ3) is 6.55. The number of nitrogens with zero attached hydrogens (tertiary/aromatic N) is 1. The van der Waals surface area contributed by atoms with E-state index in [1.807, 2.05) is 55.5 Å². The smallest absolute Gasteiger partial charge is 0.262 e. The van der Waals surface area contributed by atoms with Crippen LogP contribution in [0.25, 0.3) is 11.3 Å². The van der Waals surface area contributed by atoms with E-state index in [0.29, 0.717) is 17.3 Å². The van der Waals surface area contributed by atoms with Gasteiger partial charge < -0.3 is 14.5 Å². The molecule has 8 heteroatoms. The van der Waals surface area contributed by atoms with Gasteiger partial charge in [-0.15, -0.1) is 0 Å². The maximum absolute atomic E-state index is 12.1. The van der Waals surface area contributed by atoms with Gasteiger partial charge in [-0.3, -0.25) is 9.59 Å². The molecule has 3 aromatic rings. The van der Waals surface area contributed by atoms with E-state index in [1.54, 1.807) is 19.1 Å². The average molecular weight is 484 g/mol. The monoisotopic (exact) mass is 483 g/mol. The first-order valence-corrected chi connectivity index (χ1v) is 10.4. The number of furan rings is 1. The van der Waals surface area contributed by atoms with Gasteiger partial charge in [0.05, 0.1) is 6.21 Å². The van der Waals surface area contributed by atoms with Crippen LogP contribution < -0.4 is 15.5 Å². The molecule has 31 heavy (non-hydrogen) atoms. The Morgan fingerprint density at radius 1 is 1.13 bits per heavy atom. The zero-order valence-corrected chi connectivity index (χ0v) is 18.7. The van der Waals surface area contributed by atoms with E-state index in [1.165, 1.54) is 6.21 Å². The highest BCUT2D eigenvalue weighted by Gasteiger charge is 2.15. The van der Waals surface area contributed by atoms with Gasteiger partial charge in [0.25, 0.3) is 11.8 Å². The Bertz CT molecular complexity index is 1080. The highest BCUT2D eigenvalue weighted by atomic mass is 79.9. The molecule has 2 amide bonds. The number of benzene rings is 2. The third-order valence-electron chi connectivity index (χ3n) is 4.35. The normalized spacial score (nSPS) is 11.8. The number of nitrogens with one attached hydrogen (secondary N) is 2. The van der Waals surface area contributed by atoms with E-state index in [4.69, 9.17) is 9.15 Å². The summed E-state index contributed by atoms with van der Waals surface area (Å²) in [5.74, 6) is 0.941. The Balaban J connectivity index is 1.45. The number of carbonyl (C=O) groups is 2. The molecule has 0 spiro atoms. The van der Waals surface area contributed by atoms with Gasteiger partial charge in [-0.25, -0.2) is 5.43 Å². The van der Waals surface area contributed by atoms with Gasteiger partial charge in [0.1, 0.15) is 23.3 Å². The Labute approximate surface area is 188 Å². The van der Waals surface area contributed by atoms with Crippen molar-refractivity contribution in [2.24, 2.45) is 5.10 Å². The van der Waals surface area contributed by atoms with Crippen LogP contribution in [0.15, 0.2) is 74.7 Å². The SMILES string of the molecule is Cc1ccccc1OCC(=O)NC(C)C(=O)NN=Cc1ccc(-c2ccc(Br)cc2)o1. The maximum Gasteiger partial charge on any atom is 0.262 e. The third-order valence-corrected chi connectivity index (χ3v) is 4.87. The quantitative estimate of drug-likeness (QED) is 0.373. The molecule has 0 radical (unpaired) electrons. The van der Waals surface area contributed by atoms with E-state index in [-0.39, 0.29) is 6.61 Å². The Morgan fingerprint density at radius 2 is 1.87 bits per heavy atom. The predicted octanol–water partition coefficient (Wildman–Crippen LogP) is 4.05. The average Bonchev–Trinajstić information content (AvgIpc) is 3.22. The molecule has 1 unspecified atom stereocenters. The molecular formula is C23H22BrN3O4. The lowest BCUT2D eigenvalue weighted by Gasteiger charge is -2.13. The van der Waals surface area contributed by atoms with E-state index in [0.717, 1.165) is 15.6 Å². The number of ether oxygens (including phenoxy) is 1. The van der Waals surface area contributed by atoms with Crippen LogP contribution in [-0.4, -0.2) is 30.7 Å². The minimum absolute atomic E-state index is 0.184. The van der Waals surface area contributed by atoms with Crippen molar-refractivity contribution < 1.29 is 18.7 Å². The van der Waals surface area contributed by atoms with Crippen molar-refractivity contribution in [3.63, 3.8) is 0 Å². The highest BCUT2D eigenvalue weighted by molar-refractivity contribution is 9.10. The van der Waals surface area contributed by atoms with Crippen LogP contribution in [0.2, 0.25) is 0 Å². The largest absolute Gasteiger partial charge is 0.484 e. The number of rotatable bonds is 8. The lowest BCUT2D eigenvalue weighted by molar-refractivity contribution is -0.129. The number of halogens is 1. The van der Waals surface area contributed by atoms with Crippen molar-refractivity contribution in [3.05, 3.63) is 76.5 Å². The van der Waals surface area contributed by atoms with Crippen molar-refractivity contribution in [1.29, 1.82) is 0 Å². The number of hydrogen-bond acceptors (Lipinski definition) is 5. The van der Waals surface area contributed by atoms with E-state index >= 15 is 0 Å². The van der Waals surface area contributed by atoms with Gasteiger partial charge in [0.2, 0.25) is 0 Å². The summed E-state index contributed by atoms with van der Waals surface area (Å²) in [5.41, 5.74) is 4.24. The number of amides is 2. The summed E-state index contributed by atoms with van der Waals surface area (Å²) in [6, 6.07) is 17.9. The van der Waals surface area contributed by atoms with Crippen LogP contribution in [0, 0.1) is 6.92 Å². The lowest BCUT2D eigenvalue weighted by atomic mass is 10.2. The summed E-state index contributed by atoms with van der Waals surface area (Å²) in [4.78, 5) is 24.2. The first kappa shape index (κ1) is 22.3. The van der Waals surface area contributed by atoms with Crippen molar-refractivity contribution in [1.82, 2.24) is 10.7 Å². The molecule has 0 aliphatic heterocycles. The molecule has 3 rings (SSSR count). The standard InChI is InChI=1S/C23H22BrN3O4/c1-15-5-3-4-6-20(15)30-14-22(28)26-16(2)23(29)27-25-13-19-11-12-21(31-19)17-7-9-18(24)10-8-17/h3-13,16H,14H2,1-2H3,(H,26,28)(H,27,29). The fourth-order valence-corrected chi connectivity index (χ4v) is 2.92. The molecule has 0 saturated carbocycles. The fourth-order valence-electron chi connectivity index (χ4n) is 2.66. The van der Waals surface area contributed by atoms with Crippen molar-refractivity contribution >= 4 is 34.0 Å². The Kier molecular flexibility index (Phi) is 7.61. The van der Waals surface area contributed by atoms with Crippen LogP contribution >= 0.6 is 15.9 Å². The molecule has 0 aliphatic carbocycles. The van der Waals surface area contributed by atoms with Crippen LogP contribution in [0.5, 0.6) is 5.75 Å². The number of hydrogen-bond donors (Lipinski definition) is 2. The van der Waals surface area contributed by atoms with E-state index in [9.17, 15) is 9.59 Å². The molecule has 0 fully saturated rings. The first-order chi connectivity index (χ1) is 14.9. The Hall–Kier alpha value is -3.39. The molecule has 2 aromatic carbocycles. The number of aryl methyl sites for hydroxylation is 1. The lowest BCUT2D eigenvalue weighted by Crippen LogP contribution is -2.45. The summed E-state index contributed by atoms with van der Waals surface area (Å²) < 4.78 is 12.2. The second kappa shape index (κ2) is 10.6. The minimum Gasteiger partial charge on any atom is -0.484 e. The van der Waals surface area contributed by atoms with E-state index in [2.05, 4.69) is 31.8 Å². The molecule has 160 valence electrons. The number of para-hydroxylation sites is 1. The molecule has 2 N–H and O–H groups in total. The van der Waals surface area contributed by atoms with Gasteiger partial charge in [-0.1, -0.05) is 46.3 Å². The molecular weight excluding hydrogens is 462 g/mol.